The van der Waals surface area contributed by atoms with E-state index in [0.29, 0.717) is 12.8 Å². The van der Waals surface area contributed by atoms with Crippen LogP contribution in [0.25, 0.3) is 0 Å². The molecule has 0 atom stereocenters. The molecule has 0 aliphatic carbocycles. The molecule has 14 heavy (non-hydrogen) atoms. The normalized spacial score (nSPS) is 8.50. The first-order valence-electron chi connectivity index (χ1n) is 4.41. The standard InChI is InChI=1S/C11H14O3/c1-9(13)11(10(2)14)7-5-3-4-6-8-12/h7,12H,4,6,8H2,1-2H3. The Kier molecular flexibility index (Phi) is 6.34. The second kappa shape index (κ2) is 7.05. The molecular weight excluding hydrogens is 180 g/mol. The number of hydrogen-bond acceptors (Lipinski definition) is 3. The van der Waals surface area contributed by atoms with Gasteiger partial charge in [-0.05, 0) is 20.3 Å². The predicted molar refractivity (Wildman–Crippen MR) is 53.5 cm³/mol. The predicted octanol–water partition coefficient (Wildman–Crippen LogP) is 0.867. The number of aliphatic hydroxyl groups is 1. The summed E-state index contributed by atoms with van der Waals surface area (Å²) in [4.78, 5) is 21.8. The van der Waals surface area contributed by atoms with Gasteiger partial charge < -0.3 is 5.11 Å². The van der Waals surface area contributed by atoms with Crippen molar-refractivity contribution in [3.63, 3.8) is 0 Å². The largest absolute Gasteiger partial charge is 0.396 e. The Hall–Kier alpha value is -1.40. The number of unbranched alkanes of at least 4 members (excludes halogenated alkanes) is 1. The van der Waals surface area contributed by atoms with Crippen molar-refractivity contribution in [1.82, 2.24) is 0 Å². The Balaban J connectivity index is 4.35. The summed E-state index contributed by atoms with van der Waals surface area (Å²) in [5.74, 6) is 4.81. The molecule has 0 aromatic carbocycles. The van der Waals surface area contributed by atoms with Gasteiger partial charge in [0.15, 0.2) is 11.6 Å². The van der Waals surface area contributed by atoms with Gasteiger partial charge in [-0.1, -0.05) is 11.8 Å². The Bertz CT molecular complexity index is 286. The molecule has 3 heteroatoms. The van der Waals surface area contributed by atoms with Crippen molar-refractivity contribution in [3.8, 4) is 11.8 Å². The van der Waals surface area contributed by atoms with E-state index in [-0.39, 0.29) is 23.7 Å². The maximum atomic E-state index is 10.9. The molecule has 1 N–H and O–H groups in total. The van der Waals surface area contributed by atoms with Gasteiger partial charge in [0.1, 0.15) is 0 Å². The van der Waals surface area contributed by atoms with Crippen LogP contribution < -0.4 is 0 Å². The first kappa shape index (κ1) is 12.6. The van der Waals surface area contributed by atoms with E-state index >= 15 is 0 Å². The number of ketones is 2. The third-order valence-corrected chi connectivity index (χ3v) is 1.54. The molecule has 0 fully saturated rings. The highest BCUT2D eigenvalue weighted by molar-refractivity contribution is 6.18. The zero-order valence-electron chi connectivity index (χ0n) is 8.46. The number of aliphatic hydroxyl groups excluding tert-OH is 1. The maximum absolute atomic E-state index is 10.9. The van der Waals surface area contributed by atoms with Crippen LogP contribution in [0.4, 0.5) is 0 Å². The number of hydrogen-bond donors (Lipinski definition) is 1. The summed E-state index contributed by atoms with van der Waals surface area (Å²) >= 11 is 0. The van der Waals surface area contributed by atoms with Crippen molar-refractivity contribution >= 4 is 11.6 Å². The number of Topliss-reactive ketones (excluding diaryl/α,β-unsaturated/α-hetero) is 2. The minimum atomic E-state index is -0.269. The number of carbonyl (C=O) groups excluding carboxylic acids is 2. The maximum Gasteiger partial charge on any atom is 0.164 e. The SMILES string of the molecule is CC(=O)C(=CC#CCCCO)C(C)=O. The molecule has 0 radical (unpaired) electrons. The molecule has 0 bridgehead atoms. The van der Waals surface area contributed by atoms with Crippen LogP contribution in [-0.4, -0.2) is 23.3 Å². The van der Waals surface area contributed by atoms with Crippen LogP contribution in [-0.2, 0) is 9.59 Å². The fraction of sp³-hybridized carbons (Fsp3) is 0.455. The lowest BCUT2D eigenvalue weighted by atomic mass is 10.1. The lowest BCUT2D eigenvalue weighted by Gasteiger charge is -1.92. The van der Waals surface area contributed by atoms with E-state index in [9.17, 15) is 9.59 Å². The van der Waals surface area contributed by atoms with E-state index in [1.807, 2.05) is 0 Å². The molecule has 0 unspecified atom stereocenters. The number of allylic oxidation sites excluding steroid dienone is 2. The van der Waals surface area contributed by atoms with Gasteiger partial charge in [-0.3, -0.25) is 9.59 Å². The molecule has 3 nitrogen and oxygen atoms in total. The lowest BCUT2D eigenvalue weighted by molar-refractivity contribution is -0.119. The van der Waals surface area contributed by atoms with Gasteiger partial charge >= 0.3 is 0 Å². The number of rotatable bonds is 4. The molecule has 0 saturated carbocycles. The Morgan fingerprint density at radius 1 is 1.29 bits per heavy atom. The third-order valence-electron chi connectivity index (χ3n) is 1.54. The molecule has 0 aliphatic heterocycles. The summed E-state index contributed by atoms with van der Waals surface area (Å²) < 4.78 is 0. The van der Waals surface area contributed by atoms with E-state index in [2.05, 4.69) is 11.8 Å². The zero-order valence-corrected chi connectivity index (χ0v) is 8.46. The summed E-state index contributed by atoms with van der Waals surface area (Å²) in [7, 11) is 0. The fourth-order valence-corrected chi connectivity index (χ4v) is 0.814. The van der Waals surface area contributed by atoms with Crippen LogP contribution in [0.5, 0.6) is 0 Å². The van der Waals surface area contributed by atoms with Gasteiger partial charge in [0.05, 0.1) is 5.57 Å². The van der Waals surface area contributed by atoms with Crippen molar-refractivity contribution < 1.29 is 14.7 Å². The monoisotopic (exact) mass is 194 g/mol. The van der Waals surface area contributed by atoms with Crippen molar-refractivity contribution in [1.29, 1.82) is 0 Å². The fourth-order valence-electron chi connectivity index (χ4n) is 0.814. The molecule has 76 valence electrons. The molecule has 0 aromatic rings. The summed E-state index contributed by atoms with van der Waals surface area (Å²) in [6.07, 6.45) is 2.51. The van der Waals surface area contributed by atoms with Crippen LogP contribution in [0.2, 0.25) is 0 Å². The molecule has 0 amide bonds. The van der Waals surface area contributed by atoms with Crippen molar-refractivity contribution in [2.75, 3.05) is 6.61 Å². The van der Waals surface area contributed by atoms with E-state index in [1.54, 1.807) is 0 Å². The molecule has 0 aromatic heterocycles. The third kappa shape index (κ3) is 5.28. The van der Waals surface area contributed by atoms with Gasteiger partial charge in [-0.25, -0.2) is 0 Å². The average Bonchev–Trinajstić information content (AvgIpc) is 2.09. The Morgan fingerprint density at radius 3 is 2.29 bits per heavy atom. The van der Waals surface area contributed by atoms with E-state index in [4.69, 9.17) is 5.11 Å². The highest BCUT2D eigenvalue weighted by Crippen LogP contribution is 1.97. The van der Waals surface area contributed by atoms with Gasteiger partial charge in [0, 0.05) is 19.1 Å². The van der Waals surface area contributed by atoms with Gasteiger partial charge in [0.2, 0.25) is 0 Å². The van der Waals surface area contributed by atoms with E-state index in [1.165, 1.54) is 19.9 Å². The van der Waals surface area contributed by atoms with Crippen molar-refractivity contribution in [3.05, 3.63) is 11.6 Å². The lowest BCUT2D eigenvalue weighted by Crippen LogP contribution is -2.05. The van der Waals surface area contributed by atoms with Crippen LogP contribution in [0, 0.1) is 11.8 Å². The minimum absolute atomic E-state index is 0.102. The van der Waals surface area contributed by atoms with Gasteiger partial charge in [-0.15, -0.1) is 0 Å². The topological polar surface area (TPSA) is 54.4 Å². The van der Waals surface area contributed by atoms with Crippen molar-refractivity contribution in [2.24, 2.45) is 0 Å². The molecular formula is C11H14O3. The number of carbonyl (C=O) groups is 2. The Labute approximate surface area is 83.8 Å². The summed E-state index contributed by atoms with van der Waals surface area (Å²) in [6, 6.07) is 0. The second-order valence-electron chi connectivity index (χ2n) is 2.82. The van der Waals surface area contributed by atoms with E-state index in [0.717, 1.165) is 0 Å². The molecule has 0 heterocycles. The minimum Gasteiger partial charge on any atom is -0.396 e. The quantitative estimate of drug-likeness (QED) is 0.237. The first-order valence-corrected chi connectivity index (χ1v) is 4.41. The average molecular weight is 194 g/mol. The second-order valence-corrected chi connectivity index (χ2v) is 2.82. The summed E-state index contributed by atoms with van der Waals surface area (Å²) in [6.45, 7) is 2.77. The van der Waals surface area contributed by atoms with Crippen LogP contribution in [0.15, 0.2) is 11.6 Å². The first-order chi connectivity index (χ1) is 6.59. The van der Waals surface area contributed by atoms with Gasteiger partial charge in [0.25, 0.3) is 0 Å². The highest BCUT2D eigenvalue weighted by atomic mass is 16.2. The van der Waals surface area contributed by atoms with Crippen LogP contribution in [0.3, 0.4) is 0 Å². The Morgan fingerprint density at radius 2 is 1.86 bits per heavy atom. The molecule has 0 spiro atoms. The smallest absolute Gasteiger partial charge is 0.164 e. The molecule has 0 aliphatic rings. The van der Waals surface area contributed by atoms with E-state index < -0.39 is 0 Å². The zero-order chi connectivity index (χ0) is 11.0. The van der Waals surface area contributed by atoms with Crippen LogP contribution >= 0.6 is 0 Å². The summed E-state index contributed by atoms with van der Waals surface area (Å²) in [5, 5.41) is 8.46. The molecule has 0 rings (SSSR count). The summed E-state index contributed by atoms with van der Waals surface area (Å²) in [5.41, 5.74) is 0.126. The molecule has 0 saturated heterocycles. The highest BCUT2D eigenvalue weighted by Gasteiger charge is 2.07. The van der Waals surface area contributed by atoms with Crippen LogP contribution in [0.1, 0.15) is 26.7 Å². The van der Waals surface area contributed by atoms with Gasteiger partial charge in [-0.2, -0.15) is 0 Å². The van der Waals surface area contributed by atoms with Crippen molar-refractivity contribution in [2.45, 2.75) is 26.7 Å².